The number of benzene rings is 2. The van der Waals surface area contributed by atoms with Gasteiger partial charge in [-0.2, -0.15) is 0 Å². The Kier molecular flexibility index (Phi) is 6.41. The van der Waals surface area contributed by atoms with Gasteiger partial charge in [0, 0.05) is 34.9 Å². The Labute approximate surface area is 211 Å². The quantitative estimate of drug-likeness (QED) is 0.291. The summed E-state index contributed by atoms with van der Waals surface area (Å²) in [5.74, 6) is 0.856. The number of halogens is 1. The third-order valence-electron chi connectivity index (χ3n) is 6.86. The van der Waals surface area contributed by atoms with E-state index in [1.165, 1.54) is 33.6 Å². The fraction of sp³-hybridized carbons (Fsp3) is 0.321. The van der Waals surface area contributed by atoms with Gasteiger partial charge in [-0.25, -0.2) is 0 Å². The van der Waals surface area contributed by atoms with Crippen LogP contribution in [-0.4, -0.2) is 27.1 Å². The number of nitrogens with zero attached hydrogens (tertiary/aromatic N) is 2. The summed E-state index contributed by atoms with van der Waals surface area (Å²) in [6, 6.07) is 16.8. The van der Waals surface area contributed by atoms with E-state index in [1.54, 1.807) is 7.11 Å². The minimum Gasteiger partial charge on any atom is -0.497 e. The van der Waals surface area contributed by atoms with Gasteiger partial charge in [0.2, 0.25) is 0 Å². The summed E-state index contributed by atoms with van der Waals surface area (Å²) < 4.78 is 10.2. The van der Waals surface area contributed by atoms with E-state index in [2.05, 4.69) is 58.6 Å². The molecule has 0 saturated heterocycles. The van der Waals surface area contributed by atoms with E-state index in [0.717, 1.165) is 53.7 Å². The van der Waals surface area contributed by atoms with Crippen LogP contribution < -0.4 is 10.1 Å². The van der Waals surface area contributed by atoms with Crippen molar-refractivity contribution in [2.24, 2.45) is 0 Å². The van der Waals surface area contributed by atoms with Gasteiger partial charge < -0.3 is 14.6 Å². The van der Waals surface area contributed by atoms with Crippen LogP contribution in [0.2, 0.25) is 5.02 Å². The fourth-order valence-electron chi connectivity index (χ4n) is 4.92. The Morgan fingerprint density at radius 2 is 1.79 bits per heavy atom. The zero-order chi connectivity index (χ0) is 23.8. The molecule has 3 heterocycles. The maximum Gasteiger partial charge on any atom is 0.124 e. The lowest BCUT2D eigenvalue weighted by atomic mass is 9.97. The summed E-state index contributed by atoms with van der Waals surface area (Å²) >= 11 is 12.2. The highest BCUT2D eigenvalue weighted by Crippen LogP contribution is 2.40. The van der Waals surface area contributed by atoms with Crippen molar-refractivity contribution in [2.45, 2.75) is 52.1 Å². The van der Waals surface area contributed by atoms with Gasteiger partial charge in [0.25, 0.3) is 0 Å². The topological polar surface area (TPSA) is 30.6 Å². The van der Waals surface area contributed by atoms with Crippen LogP contribution in [0.15, 0.2) is 54.7 Å². The predicted molar refractivity (Wildman–Crippen MR) is 145 cm³/mol. The minimum atomic E-state index is 0.302. The van der Waals surface area contributed by atoms with Gasteiger partial charge in [0.1, 0.15) is 16.4 Å². The molecule has 0 fully saturated rings. The molecule has 0 bridgehead atoms. The summed E-state index contributed by atoms with van der Waals surface area (Å²) in [6.07, 6.45) is 6.58. The maximum absolute atomic E-state index is 6.19. The molecule has 34 heavy (non-hydrogen) atoms. The van der Waals surface area contributed by atoms with Crippen LogP contribution in [0.4, 0.5) is 0 Å². The van der Waals surface area contributed by atoms with Gasteiger partial charge in [-0.05, 0) is 68.0 Å². The molecule has 1 aliphatic rings. The lowest BCUT2D eigenvalue weighted by molar-refractivity contribution is 0.415. The molecule has 2 aromatic carbocycles. The smallest absolute Gasteiger partial charge is 0.124 e. The Bertz CT molecular complexity index is 1340. The van der Waals surface area contributed by atoms with Crippen LogP contribution >= 0.6 is 23.8 Å². The van der Waals surface area contributed by atoms with Gasteiger partial charge in [0.15, 0.2) is 0 Å². The molecule has 1 aliphatic heterocycles. The number of rotatable bonds is 6. The molecule has 4 aromatic rings. The fourth-order valence-corrected chi connectivity index (χ4v) is 5.45. The van der Waals surface area contributed by atoms with Crippen molar-refractivity contribution in [3.8, 4) is 28.1 Å². The molecule has 176 valence electrons. The lowest BCUT2D eigenvalue weighted by Crippen LogP contribution is -2.32. The van der Waals surface area contributed by atoms with Crippen LogP contribution in [0.1, 0.15) is 44.4 Å². The van der Waals surface area contributed by atoms with Crippen LogP contribution in [0.25, 0.3) is 28.0 Å². The normalized spacial score (nSPS) is 14.1. The van der Waals surface area contributed by atoms with Crippen LogP contribution in [0.3, 0.4) is 0 Å². The molecule has 0 radical (unpaired) electrons. The van der Waals surface area contributed by atoms with Crippen molar-refractivity contribution in [2.75, 3.05) is 7.11 Å². The molecule has 4 nitrogen and oxygen atoms in total. The third kappa shape index (κ3) is 4.01. The number of aromatic nitrogens is 2. The monoisotopic (exact) mass is 491 g/mol. The third-order valence-corrected chi connectivity index (χ3v) is 7.42. The van der Waals surface area contributed by atoms with E-state index in [0.29, 0.717) is 6.04 Å². The molecule has 0 amide bonds. The second kappa shape index (κ2) is 9.47. The van der Waals surface area contributed by atoms with Gasteiger partial charge in [-0.3, -0.25) is 4.40 Å². The Balaban J connectivity index is 1.78. The van der Waals surface area contributed by atoms with Gasteiger partial charge >= 0.3 is 0 Å². The highest BCUT2D eigenvalue weighted by molar-refractivity contribution is 7.80. The second-order valence-corrected chi connectivity index (χ2v) is 9.88. The molecule has 1 N–H and O–H groups in total. The first-order valence-electron chi connectivity index (χ1n) is 12.0. The van der Waals surface area contributed by atoms with E-state index < -0.39 is 0 Å². The molecule has 1 atom stereocenters. The summed E-state index contributed by atoms with van der Waals surface area (Å²) in [7, 11) is 1.70. The zero-order valence-electron chi connectivity index (χ0n) is 19.9. The van der Waals surface area contributed by atoms with E-state index in [-0.39, 0.29) is 0 Å². The van der Waals surface area contributed by atoms with Crippen molar-refractivity contribution in [1.29, 1.82) is 0 Å². The molecule has 6 heteroatoms. The minimum absolute atomic E-state index is 0.302. The maximum atomic E-state index is 6.19. The van der Waals surface area contributed by atoms with Crippen molar-refractivity contribution >= 4 is 34.5 Å². The highest BCUT2D eigenvalue weighted by Gasteiger charge is 2.28. The number of imidazole rings is 1. The van der Waals surface area contributed by atoms with E-state index in [9.17, 15) is 0 Å². The predicted octanol–water partition coefficient (Wildman–Crippen LogP) is 7.14. The van der Waals surface area contributed by atoms with Crippen LogP contribution in [-0.2, 0) is 13.0 Å². The average Bonchev–Trinajstić information content (AvgIpc) is 3.27. The number of nitrogens with one attached hydrogen (secondary N) is 1. The Hall–Kier alpha value is -2.76. The van der Waals surface area contributed by atoms with E-state index >= 15 is 0 Å². The molecular weight excluding hydrogens is 462 g/mol. The number of hydrogen-bond acceptors (Lipinski definition) is 2. The number of aryl methyl sites for hydroxylation is 2. The first-order chi connectivity index (χ1) is 16.5. The molecule has 0 spiro atoms. The number of methoxy groups -OCH3 is 1. The van der Waals surface area contributed by atoms with E-state index in [4.69, 9.17) is 28.6 Å². The van der Waals surface area contributed by atoms with Gasteiger partial charge in [-0.15, -0.1) is 0 Å². The number of hydrogen-bond donors (Lipinski definition) is 1. The first kappa shape index (κ1) is 23.0. The largest absolute Gasteiger partial charge is 0.497 e. The highest BCUT2D eigenvalue weighted by atomic mass is 35.5. The van der Waals surface area contributed by atoms with Gasteiger partial charge in [0.05, 0.1) is 18.5 Å². The molecule has 1 unspecified atom stereocenters. The van der Waals surface area contributed by atoms with Crippen molar-refractivity contribution in [1.82, 2.24) is 14.3 Å². The Morgan fingerprint density at radius 1 is 1.09 bits per heavy atom. The number of ether oxygens (including phenoxy) is 1. The molecule has 0 saturated carbocycles. The lowest BCUT2D eigenvalue weighted by Gasteiger charge is -2.16. The zero-order valence-corrected chi connectivity index (χ0v) is 21.5. The summed E-state index contributed by atoms with van der Waals surface area (Å²) in [4.78, 5) is 0.793. The van der Waals surface area contributed by atoms with Crippen LogP contribution in [0.5, 0.6) is 5.75 Å². The molecular formula is C28H30ClN3OS. The first-order valence-corrected chi connectivity index (χ1v) is 12.8. The molecule has 5 rings (SSSR count). The van der Waals surface area contributed by atoms with Crippen molar-refractivity contribution < 1.29 is 4.74 Å². The van der Waals surface area contributed by atoms with Crippen LogP contribution in [0, 0.1) is 0 Å². The number of thiocarbonyl (C=S) groups is 1. The van der Waals surface area contributed by atoms with Gasteiger partial charge in [-0.1, -0.05) is 55.0 Å². The molecule has 0 aliphatic carbocycles. The average molecular weight is 492 g/mol. The van der Waals surface area contributed by atoms with Crippen molar-refractivity contribution in [3.05, 3.63) is 71.0 Å². The summed E-state index contributed by atoms with van der Waals surface area (Å²) in [5, 5.41) is 4.33. The second-order valence-electron chi connectivity index (χ2n) is 9.04. The van der Waals surface area contributed by atoms with E-state index in [1.807, 2.05) is 24.3 Å². The van der Waals surface area contributed by atoms with Crippen molar-refractivity contribution in [3.63, 3.8) is 0 Å². The Morgan fingerprint density at radius 3 is 2.47 bits per heavy atom. The standard InChI is InChI=1S/C28H30ClN3OS/c1-4-18(2)30-27(34)26-25(20-10-14-22(33-3)15-11-20)23-7-5-6-16-31-24(17-32(26)28(23)31)19-8-12-21(29)13-9-19/h8-15,17-18H,4-7,16H2,1-3H3,(H,30,34). The summed E-state index contributed by atoms with van der Waals surface area (Å²) in [5.41, 5.74) is 8.45. The molecule has 2 aromatic heterocycles. The summed E-state index contributed by atoms with van der Waals surface area (Å²) in [6.45, 7) is 5.34. The SMILES string of the molecule is CCC(C)NC(=S)c1c(-c2ccc(OC)cc2)c2c3n(c(-c4ccc(Cl)cc4)cn13)CCCC2.